The van der Waals surface area contributed by atoms with E-state index in [9.17, 15) is 5.11 Å². The van der Waals surface area contributed by atoms with Crippen molar-refractivity contribution < 1.29 is 5.11 Å². The summed E-state index contributed by atoms with van der Waals surface area (Å²) in [6.45, 7) is 2.25. The van der Waals surface area contributed by atoms with E-state index in [-0.39, 0.29) is 11.6 Å². The lowest BCUT2D eigenvalue weighted by molar-refractivity contribution is -0.00914. The molecule has 1 unspecified atom stereocenters. The first-order valence-corrected chi connectivity index (χ1v) is 7.99. The van der Waals surface area contributed by atoms with Crippen LogP contribution >= 0.6 is 0 Å². The summed E-state index contributed by atoms with van der Waals surface area (Å²) in [5, 5.41) is 10.5. The van der Waals surface area contributed by atoms with Gasteiger partial charge >= 0.3 is 0 Å². The van der Waals surface area contributed by atoms with Gasteiger partial charge in [0.15, 0.2) is 0 Å². The fraction of sp³-hybridized carbons (Fsp3) is 1.00. The lowest BCUT2D eigenvalue weighted by atomic mass is 9.86. The van der Waals surface area contributed by atoms with Crippen LogP contribution < -0.4 is 0 Å². The Morgan fingerprint density at radius 1 is 1.00 bits per heavy atom. The van der Waals surface area contributed by atoms with E-state index in [2.05, 4.69) is 25.9 Å². The Kier molecular flexibility index (Phi) is 7.25. The molecule has 18 heavy (non-hydrogen) atoms. The van der Waals surface area contributed by atoms with Crippen molar-refractivity contribution in [3.05, 3.63) is 0 Å². The van der Waals surface area contributed by atoms with Crippen LogP contribution in [0.25, 0.3) is 0 Å². The van der Waals surface area contributed by atoms with Crippen LogP contribution in [0.15, 0.2) is 0 Å². The van der Waals surface area contributed by atoms with Crippen LogP contribution in [0.2, 0.25) is 0 Å². The van der Waals surface area contributed by atoms with Gasteiger partial charge in [0.05, 0.1) is 6.10 Å². The minimum Gasteiger partial charge on any atom is -0.391 e. The van der Waals surface area contributed by atoms with E-state index in [1.807, 2.05) is 0 Å². The highest BCUT2D eigenvalue weighted by atomic mass is 16.3. The van der Waals surface area contributed by atoms with Crippen molar-refractivity contribution in [1.29, 1.82) is 0 Å². The minimum absolute atomic E-state index is 0.0867. The molecule has 0 bridgehead atoms. The smallest absolute Gasteiger partial charge is 0.0723 e. The Hall–Kier alpha value is -0.0800. The first kappa shape index (κ1) is 16.0. The maximum Gasteiger partial charge on any atom is 0.0723 e. The maximum absolute atomic E-state index is 10.5. The van der Waals surface area contributed by atoms with Crippen molar-refractivity contribution in [2.45, 2.75) is 89.2 Å². The van der Waals surface area contributed by atoms with E-state index in [0.717, 1.165) is 6.42 Å². The van der Waals surface area contributed by atoms with Gasteiger partial charge in [-0.3, -0.25) is 0 Å². The molecule has 1 N–H and O–H groups in total. The highest BCUT2D eigenvalue weighted by Crippen LogP contribution is 2.38. The van der Waals surface area contributed by atoms with Gasteiger partial charge in [-0.2, -0.15) is 0 Å². The van der Waals surface area contributed by atoms with E-state index >= 15 is 0 Å². The number of aliphatic hydroxyl groups excluding tert-OH is 1. The monoisotopic (exact) mass is 255 g/mol. The van der Waals surface area contributed by atoms with Gasteiger partial charge in [0.1, 0.15) is 0 Å². The summed E-state index contributed by atoms with van der Waals surface area (Å²) in [7, 11) is 4.27. The molecular weight excluding hydrogens is 222 g/mol. The average Bonchev–Trinajstić information content (AvgIpc) is 2.84. The number of rotatable bonds is 9. The lowest BCUT2D eigenvalue weighted by Crippen LogP contribution is -2.51. The Balaban J connectivity index is 2.24. The summed E-state index contributed by atoms with van der Waals surface area (Å²) in [6, 6.07) is 0. The molecule has 2 nitrogen and oxygen atoms in total. The molecule has 1 atom stereocenters. The van der Waals surface area contributed by atoms with Crippen LogP contribution in [0, 0.1) is 0 Å². The summed E-state index contributed by atoms with van der Waals surface area (Å²) in [6.07, 6.45) is 13.7. The van der Waals surface area contributed by atoms with Crippen LogP contribution in [0.4, 0.5) is 0 Å². The van der Waals surface area contributed by atoms with Gasteiger partial charge in [0.2, 0.25) is 0 Å². The molecule has 0 saturated heterocycles. The maximum atomic E-state index is 10.5. The number of hydrogen-bond donors (Lipinski definition) is 1. The molecule has 0 aromatic heterocycles. The molecular formula is C16H33NO. The van der Waals surface area contributed by atoms with Crippen molar-refractivity contribution in [1.82, 2.24) is 4.90 Å². The van der Waals surface area contributed by atoms with Crippen LogP contribution in [0.1, 0.15) is 77.6 Å². The summed E-state index contributed by atoms with van der Waals surface area (Å²) < 4.78 is 0. The van der Waals surface area contributed by atoms with Gasteiger partial charge < -0.3 is 10.0 Å². The van der Waals surface area contributed by atoms with E-state index in [1.54, 1.807) is 0 Å². The molecule has 0 radical (unpaired) electrons. The van der Waals surface area contributed by atoms with E-state index in [1.165, 1.54) is 64.2 Å². The Bertz CT molecular complexity index is 209. The largest absolute Gasteiger partial charge is 0.391 e. The van der Waals surface area contributed by atoms with Crippen molar-refractivity contribution in [3.63, 3.8) is 0 Å². The molecule has 0 spiro atoms. The summed E-state index contributed by atoms with van der Waals surface area (Å²) in [5.74, 6) is 0. The van der Waals surface area contributed by atoms with Crippen molar-refractivity contribution >= 4 is 0 Å². The number of unbranched alkanes of at least 4 members (excludes halogenated alkanes) is 5. The quantitative estimate of drug-likeness (QED) is 0.630. The van der Waals surface area contributed by atoms with Gasteiger partial charge in [-0.05, 0) is 33.4 Å². The third kappa shape index (κ3) is 4.24. The highest BCUT2D eigenvalue weighted by Gasteiger charge is 2.41. The Morgan fingerprint density at radius 2 is 1.56 bits per heavy atom. The second kappa shape index (κ2) is 8.16. The van der Waals surface area contributed by atoms with Crippen molar-refractivity contribution in [3.8, 4) is 0 Å². The van der Waals surface area contributed by atoms with Gasteiger partial charge in [-0.15, -0.1) is 0 Å². The van der Waals surface area contributed by atoms with Crippen LogP contribution in [-0.2, 0) is 0 Å². The van der Waals surface area contributed by atoms with Crippen molar-refractivity contribution in [2.24, 2.45) is 0 Å². The van der Waals surface area contributed by atoms with Gasteiger partial charge in [-0.1, -0.05) is 58.3 Å². The molecule has 0 amide bonds. The molecule has 1 aliphatic rings. The normalized spacial score (nSPS) is 20.5. The van der Waals surface area contributed by atoms with Gasteiger partial charge in [-0.25, -0.2) is 0 Å². The minimum atomic E-state index is -0.124. The fourth-order valence-electron chi connectivity index (χ4n) is 3.45. The fourth-order valence-corrected chi connectivity index (χ4v) is 3.45. The first-order valence-electron chi connectivity index (χ1n) is 7.99. The zero-order chi connectivity index (χ0) is 13.4. The van der Waals surface area contributed by atoms with E-state index in [0.29, 0.717) is 0 Å². The first-order chi connectivity index (χ1) is 8.63. The Morgan fingerprint density at radius 3 is 2.11 bits per heavy atom. The van der Waals surface area contributed by atoms with Crippen LogP contribution in [-0.4, -0.2) is 35.7 Å². The highest BCUT2D eigenvalue weighted by molar-refractivity contribution is 4.98. The molecule has 0 aliphatic heterocycles. The zero-order valence-corrected chi connectivity index (χ0v) is 12.7. The molecule has 108 valence electrons. The predicted molar refractivity (Wildman–Crippen MR) is 78.9 cm³/mol. The molecule has 1 saturated carbocycles. The summed E-state index contributed by atoms with van der Waals surface area (Å²) in [4.78, 5) is 2.28. The third-order valence-corrected chi connectivity index (χ3v) is 4.81. The lowest BCUT2D eigenvalue weighted by Gasteiger charge is -2.40. The van der Waals surface area contributed by atoms with E-state index < -0.39 is 0 Å². The standard InChI is InChI=1S/C16H33NO/c1-4-5-6-7-8-9-12-15(18)16(17(2)3)13-10-11-14-16/h15,18H,4-14H2,1-3H3. The molecule has 0 heterocycles. The zero-order valence-electron chi connectivity index (χ0n) is 12.7. The molecule has 1 aliphatic carbocycles. The Labute approximate surface area is 114 Å². The number of nitrogens with zero attached hydrogens (tertiary/aromatic N) is 1. The van der Waals surface area contributed by atoms with Crippen LogP contribution in [0.3, 0.4) is 0 Å². The summed E-state index contributed by atoms with van der Waals surface area (Å²) >= 11 is 0. The predicted octanol–water partition coefficient (Wildman–Crippen LogP) is 3.97. The SMILES string of the molecule is CCCCCCCCC(O)C1(N(C)C)CCCC1. The number of hydrogen-bond acceptors (Lipinski definition) is 2. The van der Waals surface area contributed by atoms with Crippen LogP contribution in [0.5, 0.6) is 0 Å². The molecule has 1 fully saturated rings. The topological polar surface area (TPSA) is 23.5 Å². The van der Waals surface area contributed by atoms with E-state index in [4.69, 9.17) is 0 Å². The second-order valence-electron chi connectivity index (χ2n) is 6.28. The van der Waals surface area contributed by atoms with Gasteiger partial charge in [0, 0.05) is 5.54 Å². The third-order valence-electron chi connectivity index (χ3n) is 4.81. The second-order valence-corrected chi connectivity index (χ2v) is 6.28. The molecule has 2 heteroatoms. The average molecular weight is 255 g/mol. The summed E-state index contributed by atoms with van der Waals surface area (Å²) in [5.41, 5.74) is 0.0867. The molecule has 0 aromatic rings. The number of aliphatic hydroxyl groups is 1. The number of likely N-dealkylation sites (N-methyl/N-ethyl adjacent to an activating group) is 1. The molecule has 0 aromatic carbocycles. The van der Waals surface area contributed by atoms with Crippen molar-refractivity contribution in [2.75, 3.05) is 14.1 Å². The molecule has 1 rings (SSSR count). The van der Waals surface area contributed by atoms with Gasteiger partial charge in [0.25, 0.3) is 0 Å².